The van der Waals surface area contributed by atoms with E-state index in [4.69, 9.17) is 0 Å². The number of rotatable bonds is 6. The molecule has 2 fully saturated rings. The lowest BCUT2D eigenvalue weighted by atomic mass is 9.70. The zero-order chi connectivity index (χ0) is 15.3. The van der Waals surface area contributed by atoms with Crippen LogP contribution in [0.15, 0.2) is 0 Å². The molecule has 0 aromatic rings. The van der Waals surface area contributed by atoms with Crippen molar-refractivity contribution in [3.05, 3.63) is 0 Å². The summed E-state index contributed by atoms with van der Waals surface area (Å²) in [5.74, 6) is -0.354. The predicted octanol–water partition coefficient (Wildman–Crippen LogP) is 5.40. The van der Waals surface area contributed by atoms with Gasteiger partial charge in [-0.3, -0.25) is 0 Å². The van der Waals surface area contributed by atoms with Crippen molar-refractivity contribution < 1.29 is 8.78 Å². The van der Waals surface area contributed by atoms with Crippen LogP contribution >= 0.6 is 0 Å². The molecule has 0 aliphatic heterocycles. The van der Waals surface area contributed by atoms with E-state index >= 15 is 0 Å². The molecular formula is C18H33F2N. The van der Waals surface area contributed by atoms with Crippen LogP contribution in [0, 0.1) is 17.8 Å². The Balaban J connectivity index is 1.97. The molecule has 0 aromatic carbocycles. The van der Waals surface area contributed by atoms with Crippen molar-refractivity contribution in [2.24, 2.45) is 17.8 Å². The van der Waals surface area contributed by atoms with Crippen LogP contribution in [-0.2, 0) is 0 Å². The molecule has 0 radical (unpaired) electrons. The van der Waals surface area contributed by atoms with Crippen LogP contribution in [0.5, 0.6) is 0 Å². The Bertz CT molecular complexity index is 296. The monoisotopic (exact) mass is 301 g/mol. The van der Waals surface area contributed by atoms with Crippen molar-refractivity contribution in [2.75, 3.05) is 6.54 Å². The molecule has 0 saturated heterocycles. The molecular weight excluding hydrogens is 268 g/mol. The number of nitrogens with one attached hydrogen (secondary N) is 1. The lowest BCUT2D eigenvalue weighted by Crippen LogP contribution is -2.46. The first-order valence-electron chi connectivity index (χ1n) is 9.17. The van der Waals surface area contributed by atoms with Gasteiger partial charge in [0.05, 0.1) is 0 Å². The van der Waals surface area contributed by atoms with Gasteiger partial charge in [0, 0.05) is 18.9 Å². The van der Waals surface area contributed by atoms with E-state index in [1.807, 2.05) is 0 Å². The van der Waals surface area contributed by atoms with Crippen molar-refractivity contribution in [1.29, 1.82) is 0 Å². The van der Waals surface area contributed by atoms with Gasteiger partial charge < -0.3 is 5.32 Å². The van der Waals surface area contributed by atoms with Crippen molar-refractivity contribution >= 4 is 0 Å². The van der Waals surface area contributed by atoms with E-state index in [1.54, 1.807) is 0 Å². The first kappa shape index (κ1) is 17.2. The van der Waals surface area contributed by atoms with Gasteiger partial charge in [0.15, 0.2) is 0 Å². The normalized spacial score (nSPS) is 32.0. The van der Waals surface area contributed by atoms with Gasteiger partial charge in [-0.2, -0.15) is 0 Å². The van der Waals surface area contributed by atoms with Gasteiger partial charge in [0.1, 0.15) is 0 Å². The molecule has 0 bridgehead atoms. The maximum atomic E-state index is 13.4. The number of alkyl halides is 2. The van der Waals surface area contributed by atoms with E-state index in [-0.39, 0.29) is 12.8 Å². The zero-order valence-electron chi connectivity index (χ0n) is 13.8. The highest BCUT2D eigenvalue weighted by atomic mass is 19.3. The second kappa shape index (κ2) is 7.89. The molecule has 124 valence electrons. The molecule has 2 saturated carbocycles. The maximum absolute atomic E-state index is 13.4. The summed E-state index contributed by atoms with van der Waals surface area (Å²) in [6, 6.07) is 0.482. The molecule has 0 amide bonds. The fourth-order valence-corrected chi connectivity index (χ4v) is 4.48. The summed E-state index contributed by atoms with van der Waals surface area (Å²) in [7, 11) is 0. The maximum Gasteiger partial charge on any atom is 0.248 e. The summed E-state index contributed by atoms with van der Waals surface area (Å²) in [5, 5.41) is 3.74. The molecule has 1 N–H and O–H groups in total. The highest BCUT2D eigenvalue weighted by Gasteiger charge is 2.40. The summed E-state index contributed by atoms with van der Waals surface area (Å²) in [5.41, 5.74) is 0. The minimum Gasteiger partial charge on any atom is -0.313 e. The van der Waals surface area contributed by atoms with Crippen LogP contribution in [0.25, 0.3) is 0 Å². The SMILES string of the molecule is CCCNC(C1CCC(F)(F)CC1)C1CCCC(CC)C1. The average Bonchev–Trinajstić information content (AvgIpc) is 2.49. The van der Waals surface area contributed by atoms with Gasteiger partial charge in [-0.1, -0.05) is 33.1 Å². The summed E-state index contributed by atoms with van der Waals surface area (Å²) in [6.07, 6.45) is 9.34. The minimum atomic E-state index is -2.40. The fourth-order valence-electron chi connectivity index (χ4n) is 4.48. The van der Waals surface area contributed by atoms with Gasteiger partial charge in [0.25, 0.3) is 0 Å². The third kappa shape index (κ3) is 4.91. The quantitative estimate of drug-likeness (QED) is 0.693. The molecule has 3 heteroatoms. The summed E-state index contributed by atoms with van der Waals surface area (Å²) in [6.45, 7) is 5.52. The van der Waals surface area contributed by atoms with E-state index in [0.717, 1.165) is 18.9 Å². The van der Waals surface area contributed by atoms with Gasteiger partial charge in [0.2, 0.25) is 5.92 Å². The topological polar surface area (TPSA) is 12.0 Å². The molecule has 21 heavy (non-hydrogen) atoms. The average molecular weight is 301 g/mol. The Morgan fingerprint density at radius 1 is 1.05 bits per heavy atom. The van der Waals surface area contributed by atoms with Crippen LogP contribution < -0.4 is 5.32 Å². The van der Waals surface area contributed by atoms with Gasteiger partial charge >= 0.3 is 0 Å². The van der Waals surface area contributed by atoms with Crippen molar-refractivity contribution in [3.63, 3.8) is 0 Å². The smallest absolute Gasteiger partial charge is 0.248 e. The fraction of sp³-hybridized carbons (Fsp3) is 1.00. The van der Waals surface area contributed by atoms with Crippen LogP contribution in [0.1, 0.15) is 78.1 Å². The van der Waals surface area contributed by atoms with Crippen molar-refractivity contribution in [2.45, 2.75) is 90.0 Å². The lowest BCUT2D eigenvalue weighted by Gasteiger charge is -2.41. The molecule has 0 spiro atoms. The van der Waals surface area contributed by atoms with Crippen LogP contribution in [0.3, 0.4) is 0 Å². The van der Waals surface area contributed by atoms with E-state index in [2.05, 4.69) is 19.2 Å². The second-order valence-corrected chi connectivity index (χ2v) is 7.37. The summed E-state index contributed by atoms with van der Waals surface area (Å²) < 4.78 is 26.9. The van der Waals surface area contributed by atoms with Gasteiger partial charge in [-0.05, 0) is 56.4 Å². The Morgan fingerprint density at radius 3 is 2.38 bits per heavy atom. The standard InChI is InChI=1S/C18H33F2N/c1-3-12-21-17(15-8-10-18(19,20)11-9-15)16-7-5-6-14(4-2)13-16/h14-17,21H,3-13H2,1-2H3. The van der Waals surface area contributed by atoms with Crippen molar-refractivity contribution in [1.82, 2.24) is 5.32 Å². The van der Waals surface area contributed by atoms with Gasteiger partial charge in [-0.15, -0.1) is 0 Å². The van der Waals surface area contributed by atoms with Crippen LogP contribution in [-0.4, -0.2) is 18.5 Å². The summed E-state index contributed by atoms with van der Waals surface area (Å²) in [4.78, 5) is 0. The molecule has 0 heterocycles. The van der Waals surface area contributed by atoms with E-state index < -0.39 is 5.92 Å². The molecule has 3 unspecified atom stereocenters. The highest BCUT2D eigenvalue weighted by molar-refractivity contribution is 4.90. The number of hydrogen-bond acceptors (Lipinski definition) is 1. The number of halogens is 2. The highest BCUT2D eigenvalue weighted by Crippen LogP contribution is 2.42. The first-order chi connectivity index (χ1) is 10.1. The Labute approximate surface area is 129 Å². The molecule has 2 aliphatic carbocycles. The Hall–Kier alpha value is -0.180. The lowest BCUT2D eigenvalue weighted by molar-refractivity contribution is -0.0533. The van der Waals surface area contributed by atoms with Crippen LogP contribution in [0.4, 0.5) is 8.78 Å². The third-order valence-electron chi connectivity index (χ3n) is 5.81. The molecule has 1 nitrogen and oxygen atoms in total. The Morgan fingerprint density at radius 2 is 1.76 bits per heavy atom. The largest absolute Gasteiger partial charge is 0.313 e. The third-order valence-corrected chi connectivity index (χ3v) is 5.81. The second-order valence-electron chi connectivity index (χ2n) is 7.37. The van der Waals surface area contributed by atoms with E-state index in [1.165, 1.54) is 32.1 Å². The first-order valence-corrected chi connectivity index (χ1v) is 9.17. The van der Waals surface area contributed by atoms with Crippen LogP contribution in [0.2, 0.25) is 0 Å². The zero-order valence-corrected chi connectivity index (χ0v) is 13.8. The van der Waals surface area contributed by atoms with Gasteiger partial charge in [-0.25, -0.2) is 8.78 Å². The van der Waals surface area contributed by atoms with Crippen molar-refractivity contribution in [3.8, 4) is 0 Å². The molecule has 3 atom stereocenters. The molecule has 0 aromatic heterocycles. The predicted molar refractivity (Wildman–Crippen MR) is 84.7 cm³/mol. The minimum absolute atomic E-state index is 0.103. The molecule has 2 aliphatic rings. The summed E-state index contributed by atoms with van der Waals surface area (Å²) >= 11 is 0. The van der Waals surface area contributed by atoms with E-state index in [0.29, 0.717) is 30.7 Å². The molecule has 2 rings (SSSR count). The van der Waals surface area contributed by atoms with E-state index in [9.17, 15) is 8.78 Å². The Kier molecular flexibility index (Phi) is 6.46. The number of hydrogen-bond donors (Lipinski definition) is 1.